The lowest BCUT2D eigenvalue weighted by Gasteiger charge is -2.29. The van der Waals surface area contributed by atoms with E-state index in [1.807, 2.05) is 0 Å². The number of phenols is 1. The van der Waals surface area contributed by atoms with Crippen molar-refractivity contribution in [3.05, 3.63) is 65.9 Å². The number of fused-ring (bicyclic) bond motifs is 1. The number of nitrogens with zero attached hydrogens (tertiary/aromatic N) is 2. The molecule has 3 aromatic rings. The first-order valence-corrected chi connectivity index (χ1v) is 42.4. The number of nitrogens with one attached hydrogen (secondary N) is 13. The maximum Gasteiger partial charge on any atom is 0.243 e. The molecule has 3 rings (SSSR count). The molecule has 2 aromatic carbocycles. The minimum Gasteiger partial charge on any atom is -0.508 e. The maximum absolute atomic E-state index is 15.3. The Hall–Kier alpha value is -11.4. The van der Waals surface area contributed by atoms with Crippen molar-refractivity contribution < 1.29 is 72.2 Å². The molecule has 123 heavy (non-hydrogen) atoms. The number of nitrogens with two attached hydrogens (primary N) is 13. The Balaban J connectivity index is 2.12. The van der Waals surface area contributed by atoms with Gasteiger partial charge in [0.05, 0.1) is 6.42 Å². The van der Waals surface area contributed by atoms with Gasteiger partial charge in [-0.3, -0.25) is 77.1 Å². The van der Waals surface area contributed by atoms with Crippen LogP contribution in [0, 0.1) is 0 Å². The molecule has 0 bridgehead atoms. The summed E-state index contributed by atoms with van der Waals surface area (Å²) in [6, 6.07) is -4.44. The van der Waals surface area contributed by atoms with Gasteiger partial charge in [-0.05, 0) is 236 Å². The molecule has 0 aliphatic rings. The molecule has 14 amide bonds. The second-order valence-corrected chi connectivity index (χ2v) is 30.3. The summed E-state index contributed by atoms with van der Waals surface area (Å²) in [7, 11) is 0. The van der Waals surface area contributed by atoms with Gasteiger partial charge >= 0.3 is 0 Å². The molecule has 12 atom stereocenters. The van der Waals surface area contributed by atoms with Crippen LogP contribution >= 0.6 is 0 Å². The van der Waals surface area contributed by atoms with Gasteiger partial charge < -0.3 is 148 Å². The summed E-state index contributed by atoms with van der Waals surface area (Å²) < 4.78 is 0. The summed E-state index contributed by atoms with van der Waals surface area (Å²) in [6.45, 7) is 2.78. The van der Waals surface area contributed by atoms with Gasteiger partial charge in [-0.25, -0.2) is 0 Å². The van der Waals surface area contributed by atoms with Crippen LogP contribution in [0.1, 0.15) is 185 Å². The third-order valence-electron chi connectivity index (χ3n) is 20.1. The van der Waals surface area contributed by atoms with Gasteiger partial charge in [0.15, 0.2) is 11.9 Å². The molecule has 0 aliphatic heterocycles. The van der Waals surface area contributed by atoms with Crippen molar-refractivity contribution in [1.29, 1.82) is 0 Å². The van der Waals surface area contributed by atoms with Crippen LogP contribution in [0.3, 0.4) is 0 Å². The number of phenolic OH excluding ortho intramolecular Hbond substituents is 1. The zero-order valence-electron chi connectivity index (χ0n) is 70.8. The summed E-state index contributed by atoms with van der Waals surface area (Å²) in [6.07, 6.45) is 5.64. The summed E-state index contributed by atoms with van der Waals surface area (Å²) in [5.74, 6) is -12.9. The average molecular weight is 1730 g/mol. The number of unbranched alkanes of at least 4 members (excludes halogenated alkanes) is 7. The lowest BCUT2D eigenvalue weighted by atomic mass is 10.0. The van der Waals surface area contributed by atoms with Gasteiger partial charge in [0.1, 0.15) is 78.3 Å². The first-order chi connectivity index (χ1) is 58.8. The van der Waals surface area contributed by atoms with Crippen LogP contribution in [0.2, 0.25) is 0 Å². The number of primary amides is 2. The second-order valence-electron chi connectivity index (χ2n) is 30.3. The quantitative estimate of drug-likeness (QED) is 0.0142. The molecule has 0 fully saturated rings. The van der Waals surface area contributed by atoms with E-state index >= 15 is 14.4 Å². The number of guanidine groups is 2. The highest BCUT2D eigenvalue weighted by Crippen LogP contribution is 2.21. The normalized spacial score (nSPS) is 14.0. The van der Waals surface area contributed by atoms with E-state index in [4.69, 9.17) is 74.5 Å². The maximum atomic E-state index is 15.3. The number of para-hydroxylation sites is 1. The number of hydrogen-bond acceptors (Lipinski definition) is 24. The number of carbonyl (C=O) groups excluding carboxylic acids is 14. The van der Waals surface area contributed by atoms with E-state index in [0.29, 0.717) is 99.2 Å². The summed E-state index contributed by atoms with van der Waals surface area (Å²) in [4.78, 5) is 211. The van der Waals surface area contributed by atoms with E-state index in [-0.39, 0.29) is 173 Å². The van der Waals surface area contributed by atoms with Crippen molar-refractivity contribution in [3.8, 4) is 5.75 Å². The largest absolute Gasteiger partial charge is 0.508 e. The predicted molar refractivity (Wildman–Crippen MR) is 466 cm³/mol. The molecule has 0 unspecified atom stereocenters. The standard InChI is InChI=1S/C80H138N28O15/c1-48(109)97-55(29-18-42-94-79(90)91)68(113)106-63(44-49-31-33-51(110)34-32-49)76(121)108-65(46-66(88)111)78(123)105-62(30-19-43-95-80(92)93)75(120)107-64(45-50-47-96-53-21-3-2-20-52(50)53)77(122)104-61(28-10-17-41-87)74(119)103-60(27-9-16-40-86)73(118)102-59(26-8-15-39-85)72(117)101-58(25-7-14-38-84)71(116)100-57(24-6-13-37-83)70(115)99-56(23-5-12-36-82)69(114)98-54(67(89)112)22-4-11-35-81/h2-3,20-21,31-34,47,54-65,96,110H,4-19,22-30,35-46,81-87H2,1H3,(H2,88,111)(H2,89,112)(H,97,109)(H,98,114)(H,99,115)(H,100,116)(H,101,117)(H,102,118)(H,103,119)(H,104,122)(H,105,123)(H,106,113)(H,107,120)(H,108,121)(H4,90,91,94)(H4,92,93,95)/t54-,55-,56-,57-,58-,59-,60-,61-,62-,63-,64-,65-/m0/s1. The smallest absolute Gasteiger partial charge is 0.243 e. The number of aromatic hydroxyl groups is 1. The Kier molecular flexibility index (Phi) is 51.8. The molecule has 43 nitrogen and oxygen atoms in total. The lowest BCUT2D eigenvalue weighted by Crippen LogP contribution is -2.61. The number of aromatic amines is 1. The molecule has 0 spiro atoms. The van der Waals surface area contributed by atoms with Gasteiger partial charge in [-0.15, -0.1) is 0 Å². The van der Waals surface area contributed by atoms with E-state index in [1.54, 1.807) is 30.5 Å². The molecule has 0 saturated carbocycles. The molecular formula is C80H138N28O15. The first-order valence-electron chi connectivity index (χ1n) is 42.4. The van der Waals surface area contributed by atoms with E-state index in [0.717, 1.165) is 0 Å². The fourth-order valence-electron chi connectivity index (χ4n) is 13.4. The van der Waals surface area contributed by atoms with Crippen molar-refractivity contribution in [2.75, 3.05) is 58.9 Å². The van der Waals surface area contributed by atoms with Crippen molar-refractivity contribution in [2.24, 2.45) is 84.5 Å². The Morgan fingerprint density at radius 1 is 0.325 bits per heavy atom. The highest BCUT2D eigenvalue weighted by molar-refractivity contribution is 6.01. The Morgan fingerprint density at radius 3 is 0.902 bits per heavy atom. The van der Waals surface area contributed by atoms with Crippen molar-refractivity contribution in [2.45, 2.75) is 259 Å². The van der Waals surface area contributed by atoms with Gasteiger partial charge in [-0.2, -0.15) is 0 Å². The minimum absolute atomic E-state index is 0.00506. The van der Waals surface area contributed by atoms with E-state index in [1.165, 1.54) is 31.2 Å². The number of hydrogen-bond donors (Lipinski definition) is 27. The number of benzene rings is 2. The molecule has 1 aromatic heterocycles. The number of amides is 14. The highest BCUT2D eigenvalue weighted by atomic mass is 16.3. The Labute approximate surface area is 717 Å². The second kappa shape index (κ2) is 60.2. The van der Waals surface area contributed by atoms with Crippen LogP contribution in [-0.4, -0.2) is 236 Å². The van der Waals surface area contributed by atoms with Gasteiger partial charge in [0, 0.05) is 50.0 Å². The van der Waals surface area contributed by atoms with Crippen LogP contribution in [0.25, 0.3) is 10.9 Å². The molecule has 43 heteroatoms. The van der Waals surface area contributed by atoms with Gasteiger partial charge in [-0.1, -0.05) is 30.3 Å². The topological polar surface area (TPSA) is 782 Å². The van der Waals surface area contributed by atoms with Gasteiger partial charge in [0.25, 0.3) is 0 Å². The molecular weight excluding hydrogens is 1590 g/mol. The third kappa shape index (κ3) is 42.3. The molecule has 0 aliphatic carbocycles. The summed E-state index contributed by atoms with van der Waals surface area (Å²) in [5.41, 5.74) is 76.3. The molecule has 0 radical (unpaired) electrons. The molecule has 40 N–H and O–H groups in total. The Bertz CT molecular complexity index is 3860. The predicted octanol–water partition coefficient (Wildman–Crippen LogP) is -6.13. The summed E-state index contributed by atoms with van der Waals surface area (Å²) in [5, 5.41) is 43.0. The molecule has 688 valence electrons. The molecule has 1 heterocycles. The first kappa shape index (κ1) is 106. The van der Waals surface area contributed by atoms with Crippen molar-refractivity contribution in [3.63, 3.8) is 0 Å². The highest BCUT2D eigenvalue weighted by Gasteiger charge is 2.38. The number of H-pyrrole nitrogens is 1. The van der Waals surface area contributed by atoms with E-state index < -0.39 is 162 Å². The SMILES string of the molecule is CC(=O)N[C@@H](CCCN=C(N)N)C(=O)N[C@@H](Cc1ccc(O)cc1)C(=O)N[C@@H](CC(N)=O)C(=O)N[C@@H](CCCN=C(N)N)C(=O)N[C@@H](Cc1c[nH]c2ccccc12)C(=O)N[C@@H](CCCCN)C(=O)N[C@@H](CCCCN)C(=O)N[C@@H](CCCCN)C(=O)N[C@@H](CCCCN)C(=O)N[C@@H](CCCCN)C(=O)N[C@@H](CCCCN)C(=O)N[C@@H](CCCCN)C(N)=O. The molecule has 0 saturated heterocycles. The van der Waals surface area contributed by atoms with Crippen LogP contribution in [-0.2, 0) is 80.0 Å². The lowest BCUT2D eigenvalue weighted by molar-refractivity contribution is -0.136. The zero-order chi connectivity index (χ0) is 91.2. The Morgan fingerprint density at radius 2 is 0.593 bits per heavy atom. The van der Waals surface area contributed by atoms with E-state index in [2.05, 4.69) is 78.8 Å². The number of rotatable bonds is 66. The van der Waals surface area contributed by atoms with Gasteiger partial charge in [0.2, 0.25) is 82.7 Å². The number of carbonyl (C=O) groups is 14. The van der Waals surface area contributed by atoms with Crippen LogP contribution in [0.15, 0.2) is 64.7 Å². The van der Waals surface area contributed by atoms with Crippen molar-refractivity contribution >= 4 is 106 Å². The fraction of sp³-hybridized carbons (Fsp3) is 0.625. The van der Waals surface area contributed by atoms with Crippen LogP contribution < -0.4 is 138 Å². The fourth-order valence-corrected chi connectivity index (χ4v) is 13.4. The van der Waals surface area contributed by atoms with Crippen LogP contribution in [0.4, 0.5) is 0 Å². The zero-order valence-corrected chi connectivity index (χ0v) is 70.8. The number of aliphatic imine (C=N–C) groups is 2. The van der Waals surface area contributed by atoms with Crippen molar-refractivity contribution in [1.82, 2.24) is 68.8 Å². The average Bonchev–Trinajstić information content (AvgIpc) is 1.58. The van der Waals surface area contributed by atoms with E-state index in [9.17, 15) is 57.8 Å². The van der Waals surface area contributed by atoms with Crippen LogP contribution in [0.5, 0.6) is 5.75 Å². The minimum atomic E-state index is -1.86. The monoisotopic (exact) mass is 1730 g/mol. The number of aromatic nitrogens is 1. The third-order valence-corrected chi connectivity index (χ3v) is 20.1. The summed E-state index contributed by atoms with van der Waals surface area (Å²) >= 11 is 0.